The Kier molecular flexibility index (Phi) is 4.30. The minimum atomic E-state index is 0.777. The van der Waals surface area contributed by atoms with Crippen LogP contribution < -0.4 is 5.32 Å². The second-order valence-electron chi connectivity index (χ2n) is 4.76. The van der Waals surface area contributed by atoms with Gasteiger partial charge in [-0.2, -0.15) is 5.10 Å². The van der Waals surface area contributed by atoms with E-state index in [0.29, 0.717) is 0 Å². The van der Waals surface area contributed by atoms with Gasteiger partial charge < -0.3 is 5.32 Å². The van der Waals surface area contributed by atoms with Gasteiger partial charge in [-0.15, -0.1) is 0 Å². The van der Waals surface area contributed by atoms with E-state index in [1.54, 1.807) is 0 Å². The number of nitrogens with one attached hydrogen (secondary N) is 1. The average Bonchev–Trinajstić information content (AvgIpc) is 2.67. The molecule has 1 N–H and O–H groups in total. The zero-order valence-corrected chi connectivity index (χ0v) is 13.5. The predicted molar refractivity (Wildman–Crippen MR) is 83.6 cm³/mol. The molecule has 0 spiro atoms. The lowest BCUT2D eigenvalue weighted by Crippen LogP contribution is -2.09. The fraction of sp³-hybridized carbons (Fsp3) is 0.400. The van der Waals surface area contributed by atoms with Crippen LogP contribution in [0.3, 0.4) is 0 Å². The first-order chi connectivity index (χ1) is 9.04. The van der Waals surface area contributed by atoms with E-state index >= 15 is 0 Å². The van der Waals surface area contributed by atoms with Gasteiger partial charge in [0.25, 0.3) is 0 Å². The highest BCUT2D eigenvalue weighted by atomic mass is 79.9. The third kappa shape index (κ3) is 2.84. The lowest BCUT2D eigenvalue weighted by atomic mass is 10.1. The summed E-state index contributed by atoms with van der Waals surface area (Å²) < 4.78 is 3.14. The van der Waals surface area contributed by atoms with Gasteiger partial charge in [-0.1, -0.05) is 12.1 Å². The van der Waals surface area contributed by atoms with Crippen LogP contribution >= 0.6 is 15.9 Å². The van der Waals surface area contributed by atoms with Crippen molar-refractivity contribution in [2.45, 2.75) is 40.8 Å². The van der Waals surface area contributed by atoms with E-state index in [0.717, 1.165) is 23.3 Å². The van der Waals surface area contributed by atoms with Gasteiger partial charge in [-0.05, 0) is 60.8 Å². The monoisotopic (exact) mass is 321 g/mol. The fourth-order valence-corrected chi connectivity index (χ4v) is 2.58. The van der Waals surface area contributed by atoms with Gasteiger partial charge in [-0.25, -0.2) is 0 Å². The van der Waals surface area contributed by atoms with Crippen molar-refractivity contribution in [3.8, 4) is 0 Å². The SMILES string of the molecule is CCn1nc(C)c(Br)c1CNc1cccc(C)c1C. The standard InChI is InChI=1S/C15H20BrN3/c1-5-19-14(15(16)12(4)18-19)9-17-13-8-6-7-10(2)11(13)3/h6-8,17H,5,9H2,1-4H3. The maximum absolute atomic E-state index is 4.51. The highest BCUT2D eigenvalue weighted by Gasteiger charge is 2.12. The van der Waals surface area contributed by atoms with E-state index in [1.165, 1.54) is 22.5 Å². The average molecular weight is 322 g/mol. The molecule has 102 valence electrons. The molecule has 1 heterocycles. The third-order valence-electron chi connectivity index (χ3n) is 3.50. The molecule has 2 rings (SSSR count). The molecule has 0 unspecified atom stereocenters. The molecule has 0 atom stereocenters. The molecule has 0 aliphatic heterocycles. The molecule has 0 bridgehead atoms. The Balaban J connectivity index is 2.21. The Hall–Kier alpha value is -1.29. The van der Waals surface area contributed by atoms with Crippen LogP contribution in [0.25, 0.3) is 0 Å². The summed E-state index contributed by atoms with van der Waals surface area (Å²) in [6.45, 7) is 10.1. The number of aryl methyl sites for hydroxylation is 3. The van der Waals surface area contributed by atoms with Crippen molar-refractivity contribution < 1.29 is 0 Å². The number of hydrogen-bond acceptors (Lipinski definition) is 2. The van der Waals surface area contributed by atoms with Gasteiger partial charge in [-0.3, -0.25) is 4.68 Å². The molecule has 2 aromatic rings. The molecule has 0 amide bonds. The van der Waals surface area contributed by atoms with Gasteiger partial charge >= 0.3 is 0 Å². The summed E-state index contributed by atoms with van der Waals surface area (Å²) in [5.41, 5.74) is 6.04. The minimum absolute atomic E-state index is 0.777. The molecule has 0 radical (unpaired) electrons. The van der Waals surface area contributed by atoms with Gasteiger partial charge in [0.15, 0.2) is 0 Å². The molecule has 4 heteroatoms. The normalized spacial score (nSPS) is 10.8. The number of rotatable bonds is 4. The molecule has 1 aromatic heterocycles. The summed E-state index contributed by atoms with van der Waals surface area (Å²) in [4.78, 5) is 0. The number of benzene rings is 1. The van der Waals surface area contributed by atoms with Crippen LogP contribution in [-0.4, -0.2) is 9.78 Å². The van der Waals surface area contributed by atoms with Crippen molar-refractivity contribution in [1.29, 1.82) is 0 Å². The smallest absolute Gasteiger partial charge is 0.0739 e. The van der Waals surface area contributed by atoms with Crippen LogP contribution in [0.1, 0.15) is 29.4 Å². The van der Waals surface area contributed by atoms with Crippen molar-refractivity contribution in [3.63, 3.8) is 0 Å². The summed E-state index contributed by atoms with van der Waals surface area (Å²) in [5, 5.41) is 8.02. The number of hydrogen-bond donors (Lipinski definition) is 1. The van der Waals surface area contributed by atoms with E-state index in [4.69, 9.17) is 0 Å². The highest BCUT2D eigenvalue weighted by molar-refractivity contribution is 9.10. The zero-order valence-electron chi connectivity index (χ0n) is 11.9. The molecule has 19 heavy (non-hydrogen) atoms. The molecular formula is C15H20BrN3. The number of halogens is 1. The minimum Gasteiger partial charge on any atom is -0.379 e. The Labute approximate surface area is 123 Å². The van der Waals surface area contributed by atoms with E-state index < -0.39 is 0 Å². The molecule has 3 nitrogen and oxygen atoms in total. The van der Waals surface area contributed by atoms with Crippen molar-refractivity contribution in [2.75, 3.05) is 5.32 Å². The maximum Gasteiger partial charge on any atom is 0.0739 e. The maximum atomic E-state index is 4.51. The van der Waals surface area contributed by atoms with Crippen molar-refractivity contribution in [1.82, 2.24) is 9.78 Å². The molecule has 0 saturated carbocycles. The Morgan fingerprint density at radius 2 is 2.00 bits per heavy atom. The highest BCUT2D eigenvalue weighted by Crippen LogP contribution is 2.24. The van der Waals surface area contributed by atoms with Gasteiger partial charge in [0.1, 0.15) is 0 Å². The molecule has 0 saturated heterocycles. The Bertz CT molecular complexity index is 587. The van der Waals surface area contributed by atoms with Crippen molar-refractivity contribution >= 4 is 21.6 Å². The summed E-state index contributed by atoms with van der Waals surface area (Å²) >= 11 is 3.63. The molecule has 0 fully saturated rings. The lowest BCUT2D eigenvalue weighted by Gasteiger charge is -2.12. The molecular weight excluding hydrogens is 302 g/mol. The van der Waals surface area contributed by atoms with Crippen LogP contribution in [-0.2, 0) is 13.1 Å². The topological polar surface area (TPSA) is 29.9 Å². The predicted octanol–water partition coefficient (Wildman–Crippen LogP) is 4.20. The third-order valence-corrected chi connectivity index (χ3v) is 4.54. The summed E-state index contributed by atoms with van der Waals surface area (Å²) in [5.74, 6) is 0. The quantitative estimate of drug-likeness (QED) is 0.914. The van der Waals surface area contributed by atoms with E-state index in [-0.39, 0.29) is 0 Å². The summed E-state index contributed by atoms with van der Waals surface area (Å²) in [7, 11) is 0. The first-order valence-electron chi connectivity index (χ1n) is 6.56. The molecule has 0 aliphatic rings. The van der Waals surface area contributed by atoms with Crippen molar-refractivity contribution in [3.05, 3.63) is 45.2 Å². The van der Waals surface area contributed by atoms with Crippen LogP contribution in [0.4, 0.5) is 5.69 Å². The Morgan fingerprint density at radius 1 is 1.26 bits per heavy atom. The van der Waals surface area contributed by atoms with Gasteiger partial charge in [0.2, 0.25) is 0 Å². The van der Waals surface area contributed by atoms with E-state index in [2.05, 4.69) is 65.3 Å². The number of anilines is 1. The largest absolute Gasteiger partial charge is 0.379 e. The Morgan fingerprint density at radius 3 is 2.68 bits per heavy atom. The second-order valence-corrected chi connectivity index (χ2v) is 5.56. The van der Waals surface area contributed by atoms with Crippen LogP contribution in [0.2, 0.25) is 0 Å². The van der Waals surface area contributed by atoms with Crippen LogP contribution in [0.5, 0.6) is 0 Å². The molecule has 0 aliphatic carbocycles. The van der Waals surface area contributed by atoms with E-state index in [1.807, 2.05) is 11.6 Å². The zero-order chi connectivity index (χ0) is 14.0. The van der Waals surface area contributed by atoms with Crippen LogP contribution in [0.15, 0.2) is 22.7 Å². The first-order valence-corrected chi connectivity index (χ1v) is 7.35. The number of aromatic nitrogens is 2. The fourth-order valence-electron chi connectivity index (χ4n) is 2.16. The second kappa shape index (κ2) is 5.78. The van der Waals surface area contributed by atoms with Gasteiger partial charge in [0.05, 0.1) is 22.4 Å². The lowest BCUT2D eigenvalue weighted by molar-refractivity contribution is 0.622. The van der Waals surface area contributed by atoms with Gasteiger partial charge in [0, 0.05) is 12.2 Å². The first kappa shape index (κ1) is 14.1. The van der Waals surface area contributed by atoms with Crippen LogP contribution in [0, 0.1) is 20.8 Å². The summed E-state index contributed by atoms with van der Waals surface area (Å²) in [6.07, 6.45) is 0. The van der Waals surface area contributed by atoms with Crippen molar-refractivity contribution in [2.24, 2.45) is 0 Å². The van der Waals surface area contributed by atoms with E-state index in [9.17, 15) is 0 Å². The summed E-state index contributed by atoms with van der Waals surface area (Å²) in [6, 6.07) is 6.34. The number of nitrogens with zero attached hydrogens (tertiary/aromatic N) is 2. The molecule has 1 aromatic carbocycles.